The van der Waals surface area contributed by atoms with E-state index in [-0.39, 0.29) is 5.54 Å². The molecule has 0 amide bonds. The molecule has 2 N–H and O–H groups in total. The van der Waals surface area contributed by atoms with Crippen LogP contribution in [0.15, 0.2) is 24.3 Å². The van der Waals surface area contributed by atoms with E-state index in [9.17, 15) is 0 Å². The van der Waals surface area contributed by atoms with Crippen molar-refractivity contribution in [3.63, 3.8) is 0 Å². The lowest BCUT2D eigenvalue weighted by molar-refractivity contribution is 0.241. The zero-order chi connectivity index (χ0) is 12.3. The van der Waals surface area contributed by atoms with Crippen LogP contribution < -0.4 is 5.73 Å². The highest BCUT2D eigenvalue weighted by Gasteiger charge is 2.29. The molecule has 0 saturated carbocycles. The summed E-state index contributed by atoms with van der Waals surface area (Å²) in [5.74, 6) is 0. The summed E-state index contributed by atoms with van der Waals surface area (Å²) in [7, 11) is 0. The first-order valence-corrected chi connectivity index (χ1v) is 6.79. The van der Waals surface area contributed by atoms with Crippen LogP contribution in [0.25, 0.3) is 0 Å². The third-order valence-electron chi connectivity index (χ3n) is 3.75. The van der Waals surface area contributed by atoms with Gasteiger partial charge in [-0.1, -0.05) is 30.7 Å². The van der Waals surface area contributed by atoms with Gasteiger partial charge in [0.05, 0.1) is 5.54 Å². The fourth-order valence-corrected chi connectivity index (χ4v) is 2.65. The smallest absolute Gasteiger partial charge is 0.0535 e. The van der Waals surface area contributed by atoms with E-state index in [0.29, 0.717) is 0 Å². The number of benzene rings is 1. The molecule has 0 bridgehead atoms. The highest BCUT2D eigenvalue weighted by molar-refractivity contribution is 6.30. The van der Waals surface area contributed by atoms with Gasteiger partial charge in [-0.25, -0.2) is 0 Å². The second kappa shape index (κ2) is 5.38. The van der Waals surface area contributed by atoms with Crippen LogP contribution in [0.5, 0.6) is 0 Å². The Morgan fingerprint density at radius 1 is 1.24 bits per heavy atom. The van der Waals surface area contributed by atoms with E-state index in [4.69, 9.17) is 17.3 Å². The van der Waals surface area contributed by atoms with Crippen molar-refractivity contribution in [2.24, 2.45) is 5.73 Å². The van der Waals surface area contributed by atoms with Gasteiger partial charge in [-0.3, -0.25) is 0 Å². The van der Waals surface area contributed by atoms with Crippen molar-refractivity contribution in [3.05, 3.63) is 34.9 Å². The van der Waals surface area contributed by atoms with E-state index in [0.717, 1.165) is 18.0 Å². The Kier molecular flexibility index (Phi) is 4.08. The minimum atomic E-state index is -0.241. The molecule has 1 unspecified atom stereocenters. The number of hydrogen-bond donors (Lipinski definition) is 1. The molecule has 1 aromatic carbocycles. The first-order chi connectivity index (χ1) is 8.14. The largest absolute Gasteiger partial charge is 0.320 e. The molecule has 0 spiro atoms. The minimum absolute atomic E-state index is 0.241. The zero-order valence-corrected chi connectivity index (χ0v) is 11.2. The zero-order valence-electron chi connectivity index (χ0n) is 10.5. The quantitative estimate of drug-likeness (QED) is 0.893. The maximum absolute atomic E-state index is 6.56. The number of hydrogen-bond acceptors (Lipinski definition) is 2. The van der Waals surface area contributed by atoms with Crippen LogP contribution in [0.1, 0.15) is 31.7 Å². The van der Waals surface area contributed by atoms with Gasteiger partial charge >= 0.3 is 0 Å². The summed E-state index contributed by atoms with van der Waals surface area (Å²) in [5.41, 5.74) is 7.51. The molecule has 0 aromatic heterocycles. The highest BCUT2D eigenvalue weighted by atomic mass is 35.5. The van der Waals surface area contributed by atoms with E-state index in [1.54, 1.807) is 0 Å². The van der Waals surface area contributed by atoms with Crippen molar-refractivity contribution < 1.29 is 0 Å². The second-order valence-electron chi connectivity index (χ2n) is 5.00. The third-order valence-corrected chi connectivity index (χ3v) is 4.01. The van der Waals surface area contributed by atoms with E-state index in [1.807, 2.05) is 12.1 Å². The molecule has 1 heterocycles. The Morgan fingerprint density at radius 3 is 2.35 bits per heavy atom. The van der Waals surface area contributed by atoms with Crippen molar-refractivity contribution in [3.8, 4) is 0 Å². The average molecular weight is 253 g/mol. The van der Waals surface area contributed by atoms with Crippen molar-refractivity contribution in [1.29, 1.82) is 0 Å². The number of likely N-dealkylation sites (tertiary alicyclic amines) is 1. The highest BCUT2D eigenvalue weighted by Crippen LogP contribution is 2.26. The van der Waals surface area contributed by atoms with Gasteiger partial charge < -0.3 is 10.6 Å². The van der Waals surface area contributed by atoms with Gasteiger partial charge in [0.25, 0.3) is 0 Å². The molecule has 1 fully saturated rings. The minimum Gasteiger partial charge on any atom is -0.320 e. The van der Waals surface area contributed by atoms with Crippen molar-refractivity contribution >= 4 is 11.6 Å². The summed E-state index contributed by atoms with van der Waals surface area (Å²) < 4.78 is 0. The lowest BCUT2D eigenvalue weighted by atomic mass is 9.88. The summed E-state index contributed by atoms with van der Waals surface area (Å²) in [6.45, 7) is 5.48. The Labute approximate surface area is 109 Å². The lowest BCUT2D eigenvalue weighted by Gasteiger charge is -2.33. The maximum Gasteiger partial charge on any atom is 0.0535 e. The normalized spacial score (nSPS) is 20.4. The fourth-order valence-electron chi connectivity index (χ4n) is 2.53. The SMILES string of the molecule is CCC(N)(CN1CCCC1)c1ccc(Cl)cc1. The maximum atomic E-state index is 6.56. The van der Waals surface area contributed by atoms with Gasteiger partial charge in [-0.2, -0.15) is 0 Å². The van der Waals surface area contributed by atoms with Crippen LogP contribution in [-0.4, -0.2) is 24.5 Å². The van der Waals surface area contributed by atoms with Crippen molar-refractivity contribution in [1.82, 2.24) is 4.90 Å². The fraction of sp³-hybridized carbons (Fsp3) is 0.571. The van der Waals surface area contributed by atoms with Gasteiger partial charge in [0.1, 0.15) is 0 Å². The predicted molar refractivity (Wildman–Crippen MR) is 73.3 cm³/mol. The molecule has 0 radical (unpaired) electrons. The van der Waals surface area contributed by atoms with Crippen LogP contribution in [0.3, 0.4) is 0 Å². The summed E-state index contributed by atoms with van der Waals surface area (Å²) in [4.78, 5) is 2.47. The molecule has 0 aliphatic carbocycles. The van der Waals surface area contributed by atoms with Crippen LogP contribution in [0.2, 0.25) is 5.02 Å². The van der Waals surface area contributed by atoms with Crippen molar-refractivity contribution in [2.45, 2.75) is 31.7 Å². The number of nitrogens with two attached hydrogens (primary N) is 1. The third kappa shape index (κ3) is 3.01. The average Bonchev–Trinajstić information content (AvgIpc) is 2.82. The molecule has 3 heteroatoms. The molecule has 1 atom stereocenters. The molecule has 1 aliphatic heterocycles. The molecule has 2 rings (SSSR count). The lowest BCUT2D eigenvalue weighted by Crippen LogP contribution is -2.46. The molecule has 1 aromatic rings. The van der Waals surface area contributed by atoms with E-state index >= 15 is 0 Å². The molecule has 17 heavy (non-hydrogen) atoms. The summed E-state index contributed by atoms with van der Waals surface area (Å²) in [6.07, 6.45) is 3.56. The first kappa shape index (κ1) is 12.9. The van der Waals surface area contributed by atoms with Gasteiger partial charge in [-0.15, -0.1) is 0 Å². The Hall–Kier alpha value is -0.570. The molecule has 94 valence electrons. The van der Waals surface area contributed by atoms with E-state index < -0.39 is 0 Å². The summed E-state index contributed by atoms with van der Waals surface area (Å²) in [5, 5.41) is 0.772. The van der Waals surface area contributed by atoms with Gasteiger partial charge in [0.15, 0.2) is 0 Å². The number of nitrogens with zero attached hydrogens (tertiary/aromatic N) is 1. The van der Waals surface area contributed by atoms with E-state index in [2.05, 4.69) is 24.0 Å². The number of halogens is 1. The van der Waals surface area contributed by atoms with E-state index in [1.165, 1.54) is 31.5 Å². The Bertz CT molecular complexity index is 357. The molecule has 1 aliphatic rings. The number of rotatable bonds is 4. The van der Waals surface area contributed by atoms with Gasteiger partial charge in [0.2, 0.25) is 0 Å². The Morgan fingerprint density at radius 2 is 1.82 bits per heavy atom. The Balaban J connectivity index is 2.14. The monoisotopic (exact) mass is 252 g/mol. The van der Waals surface area contributed by atoms with Crippen LogP contribution in [0, 0.1) is 0 Å². The first-order valence-electron chi connectivity index (χ1n) is 6.41. The van der Waals surface area contributed by atoms with Gasteiger partial charge in [0, 0.05) is 11.6 Å². The molecular weight excluding hydrogens is 232 g/mol. The summed E-state index contributed by atoms with van der Waals surface area (Å²) in [6, 6.07) is 7.97. The van der Waals surface area contributed by atoms with Gasteiger partial charge in [-0.05, 0) is 50.0 Å². The van der Waals surface area contributed by atoms with Crippen LogP contribution >= 0.6 is 11.6 Å². The molecule has 2 nitrogen and oxygen atoms in total. The molecular formula is C14H21ClN2. The van der Waals surface area contributed by atoms with Crippen molar-refractivity contribution in [2.75, 3.05) is 19.6 Å². The second-order valence-corrected chi connectivity index (χ2v) is 5.44. The summed E-state index contributed by atoms with van der Waals surface area (Å²) >= 11 is 5.92. The standard InChI is InChI=1S/C14H21ClN2/c1-2-14(16,11-17-9-3-4-10-17)12-5-7-13(15)8-6-12/h5-8H,2-4,9-11,16H2,1H3. The predicted octanol–water partition coefficient (Wildman–Crippen LogP) is 3.00. The van der Waals surface area contributed by atoms with Crippen LogP contribution in [-0.2, 0) is 5.54 Å². The topological polar surface area (TPSA) is 29.3 Å². The van der Waals surface area contributed by atoms with Crippen LogP contribution in [0.4, 0.5) is 0 Å². The molecule has 1 saturated heterocycles.